The van der Waals surface area contributed by atoms with Gasteiger partial charge >= 0.3 is 0 Å². The molecule has 0 spiro atoms. The lowest BCUT2D eigenvalue weighted by molar-refractivity contribution is 0.391. The fraction of sp³-hybridized carbons (Fsp3) is 0.214. The molecule has 0 atom stereocenters. The van der Waals surface area contributed by atoms with Gasteiger partial charge in [-0.15, -0.1) is 0 Å². The summed E-state index contributed by atoms with van der Waals surface area (Å²) in [7, 11) is 3.30. The van der Waals surface area contributed by atoms with Crippen molar-refractivity contribution in [3.8, 4) is 11.5 Å². The molecule has 2 aromatic rings. The molecule has 0 radical (unpaired) electrons. The molecule has 1 N–H and O–H groups in total. The van der Waals surface area contributed by atoms with E-state index in [4.69, 9.17) is 9.47 Å². The average molecular weight is 496 g/mol. The maximum Gasteiger partial charge on any atom is 0.127 e. The quantitative estimate of drug-likeness (QED) is 0.638. The third kappa shape index (κ3) is 3.87. The van der Waals surface area contributed by atoms with Crippen LogP contribution < -0.4 is 14.8 Å². The molecule has 0 fully saturated rings. The normalized spacial score (nSPS) is 10.2. The van der Waals surface area contributed by atoms with Gasteiger partial charge in [-0.2, -0.15) is 0 Å². The Hall–Kier alpha value is -0.770. The van der Waals surface area contributed by atoms with Gasteiger partial charge in [0, 0.05) is 31.5 Å². The van der Waals surface area contributed by atoms with Gasteiger partial charge in [0.15, 0.2) is 0 Å². The molecule has 0 unspecified atom stereocenters. The van der Waals surface area contributed by atoms with Crippen LogP contribution in [0.1, 0.15) is 5.56 Å². The number of anilines is 1. The summed E-state index contributed by atoms with van der Waals surface area (Å²) >= 11 is 4.57. The first-order valence-corrected chi connectivity index (χ1v) is 8.05. The number of rotatable bonds is 5. The fourth-order valence-corrected chi connectivity index (χ4v) is 2.42. The molecule has 0 saturated heterocycles. The van der Waals surface area contributed by atoms with Crippen molar-refractivity contribution in [1.29, 1.82) is 0 Å². The van der Waals surface area contributed by atoms with E-state index in [0.29, 0.717) is 6.54 Å². The lowest BCUT2D eigenvalue weighted by atomic mass is 10.2. The van der Waals surface area contributed by atoms with Crippen LogP contribution in [0.15, 0.2) is 30.5 Å². The highest BCUT2D eigenvalue weighted by Gasteiger charge is 2.06. The largest absolute Gasteiger partial charge is 0.497 e. The van der Waals surface area contributed by atoms with Gasteiger partial charge in [-0.3, -0.25) is 0 Å². The number of aromatic nitrogens is 1. The highest BCUT2D eigenvalue weighted by Crippen LogP contribution is 2.25. The van der Waals surface area contributed by atoms with Crippen molar-refractivity contribution in [3.63, 3.8) is 0 Å². The molecule has 4 nitrogen and oxygen atoms in total. The fourth-order valence-electron chi connectivity index (χ4n) is 1.69. The van der Waals surface area contributed by atoms with E-state index >= 15 is 0 Å². The summed E-state index contributed by atoms with van der Waals surface area (Å²) in [4.78, 5) is 4.35. The molecule has 1 aromatic carbocycles. The molecule has 0 bridgehead atoms. The Morgan fingerprint density at radius 2 is 1.90 bits per heavy atom. The maximum atomic E-state index is 5.38. The molecule has 0 aliphatic carbocycles. The highest BCUT2D eigenvalue weighted by atomic mass is 127. The smallest absolute Gasteiger partial charge is 0.127 e. The minimum absolute atomic E-state index is 0.650. The van der Waals surface area contributed by atoms with E-state index in [-0.39, 0.29) is 0 Å². The first-order valence-electron chi connectivity index (χ1n) is 5.90. The molecule has 2 rings (SSSR count). The van der Waals surface area contributed by atoms with Crippen molar-refractivity contribution in [2.75, 3.05) is 19.5 Å². The van der Waals surface area contributed by atoms with Crippen LogP contribution in [0.4, 0.5) is 5.82 Å². The predicted octanol–water partition coefficient (Wildman–Crippen LogP) is 3.92. The van der Waals surface area contributed by atoms with E-state index in [0.717, 1.165) is 26.5 Å². The minimum atomic E-state index is 0.650. The van der Waals surface area contributed by atoms with Gasteiger partial charge in [0.05, 0.1) is 14.2 Å². The van der Waals surface area contributed by atoms with Crippen molar-refractivity contribution in [2.45, 2.75) is 6.54 Å². The number of hydrogen-bond donors (Lipinski definition) is 1. The van der Waals surface area contributed by atoms with Crippen molar-refractivity contribution >= 4 is 51.0 Å². The maximum absolute atomic E-state index is 5.38. The molecule has 1 aromatic heterocycles. The molecule has 0 aliphatic heterocycles. The first-order chi connectivity index (χ1) is 9.63. The van der Waals surface area contributed by atoms with Crippen LogP contribution in [-0.2, 0) is 6.54 Å². The van der Waals surface area contributed by atoms with Crippen LogP contribution >= 0.6 is 45.2 Å². The summed E-state index contributed by atoms with van der Waals surface area (Å²) in [6, 6.07) is 7.81. The van der Waals surface area contributed by atoms with Gasteiger partial charge < -0.3 is 14.8 Å². The van der Waals surface area contributed by atoms with Gasteiger partial charge in [0.2, 0.25) is 0 Å². The van der Waals surface area contributed by atoms with Gasteiger partial charge in [0.1, 0.15) is 17.3 Å². The Morgan fingerprint density at radius 3 is 2.55 bits per heavy atom. The molecule has 6 heteroatoms. The number of benzene rings is 1. The van der Waals surface area contributed by atoms with Gasteiger partial charge in [-0.05, 0) is 63.4 Å². The van der Waals surface area contributed by atoms with E-state index in [2.05, 4.69) is 55.5 Å². The number of nitrogens with one attached hydrogen (secondary N) is 1. The molecule has 106 valence electrons. The van der Waals surface area contributed by atoms with Crippen molar-refractivity contribution < 1.29 is 9.47 Å². The number of nitrogens with zero attached hydrogens (tertiary/aromatic N) is 1. The molecule has 20 heavy (non-hydrogen) atoms. The zero-order chi connectivity index (χ0) is 14.5. The number of ether oxygens (including phenoxy) is 2. The van der Waals surface area contributed by atoms with Crippen molar-refractivity contribution in [3.05, 3.63) is 43.2 Å². The van der Waals surface area contributed by atoms with E-state index in [1.54, 1.807) is 14.2 Å². The third-order valence-electron chi connectivity index (χ3n) is 2.76. The second kappa shape index (κ2) is 7.30. The number of halogens is 2. The summed E-state index contributed by atoms with van der Waals surface area (Å²) in [5.41, 5.74) is 1.06. The number of pyridine rings is 1. The molecule has 0 aliphatic rings. The van der Waals surface area contributed by atoms with Crippen LogP contribution in [-0.4, -0.2) is 19.2 Å². The number of methoxy groups -OCH3 is 2. The second-order valence-electron chi connectivity index (χ2n) is 4.01. The summed E-state index contributed by atoms with van der Waals surface area (Å²) in [5, 5.41) is 3.30. The van der Waals surface area contributed by atoms with Crippen LogP contribution in [0.2, 0.25) is 0 Å². The van der Waals surface area contributed by atoms with Gasteiger partial charge in [-0.1, -0.05) is 0 Å². The van der Waals surface area contributed by atoms with Crippen LogP contribution in [0.3, 0.4) is 0 Å². The third-order valence-corrected chi connectivity index (χ3v) is 5.55. The van der Waals surface area contributed by atoms with E-state index in [1.807, 2.05) is 30.5 Å². The molecular weight excluding hydrogens is 482 g/mol. The van der Waals surface area contributed by atoms with E-state index in [9.17, 15) is 0 Å². The lowest BCUT2D eigenvalue weighted by Crippen LogP contribution is -2.04. The zero-order valence-corrected chi connectivity index (χ0v) is 15.4. The SMILES string of the molecule is COc1ccc(CNc2cc(I)c(I)cn2)c(OC)c1. The Kier molecular flexibility index (Phi) is 5.70. The lowest BCUT2D eigenvalue weighted by Gasteiger charge is -2.12. The topological polar surface area (TPSA) is 43.4 Å². The minimum Gasteiger partial charge on any atom is -0.497 e. The zero-order valence-electron chi connectivity index (χ0n) is 11.1. The van der Waals surface area contributed by atoms with Crippen LogP contribution in [0.5, 0.6) is 11.5 Å². The monoisotopic (exact) mass is 496 g/mol. The average Bonchev–Trinajstić information content (AvgIpc) is 2.48. The Bertz CT molecular complexity index is 606. The van der Waals surface area contributed by atoms with Crippen molar-refractivity contribution in [2.24, 2.45) is 0 Å². The summed E-state index contributed by atoms with van der Waals surface area (Å²) in [5.74, 6) is 2.44. The molecule has 0 saturated carbocycles. The Morgan fingerprint density at radius 1 is 1.10 bits per heavy atom. The second-order valence-corrected chi connectivity index (χ2v) is 6.34. The van der Waals surface area contributed by atoms with E-state index < -0.39 is 0 Å². The molecular formula is C14H14I2N2O2. The van der Waals surface area contributed by atoms with E-state index in [1.165, 1.54) is 3.57 Å². The predicted molar refractivity (Wildman–Crippen MR) is 96.5 cm³/mol. The Balaban J connectivity index is 2.12. The van der Waals surface area contributed by atoms with Crippen molar-refractivity contribution in [1.82, 2.24) is 4.98 Å². The summed E-state index contributed by atoms with van der Waals surface area (Å²) < 4.78 is 12.9. The first kappa shape index (κ1) is 15.6. The van der Waals surface area contributed by atoms with Gasteiger partial charge in [0.25, 0.3) is 0 Å². The van der Waals surface area contributed by atoms with Crippen LogP contribution in [0.25, 0.3) is 0 Å². The van der Waals surface area contributed by atoms with Gasteiger partial charge in [-0.25, -0.2) is 4.98 Å². The summed E-state index contributed by atoms with van der Waals surface area (Å²) in [6.45, 7) is 0.650. The standard InChI is InChI=1S/C14H14I2N2O2/c1-19-10-4-3-9(13(5-10)20-2)7-17-14-6-11(15)12(16)8-18-14/h3-6,8H,7H2,1-2H3,(H,17,18). The molecule has 1 heterocycles. The molecule has 0 amide bonds. The Labute approximate surface area is 145 Å². The number of hydrogen-bond acceptors (Lipinski definition) is 4. The highest BCUT2D eigenvalue weighted by molar-refractivity contribution is 14.1. The summed E-state index contributed by atoms with van der Waals surface area (Å²) in [6.07, 6.45) is 1.86. The van der Waals surface area contributed by atoms with Crippen LogP contribution in [0, 0.1) is 7.14 Å².